The Balaban J connectivity index is 2.10. The van der Waals surface area contributed by atoms with E-state index in [1.54, 1.807) is 0 Å². The van der Waals surface area contributed by atoms with Crippen molar-refractivity contribution in [1.29, 1.82) is 0 Å². The molecule has 1 aliphatic rings. The van der Waals surface area contributed by atoms with Gasteiger partial charge >= 0.3 is 0 Å². The fourth-order valence-corrected chi connectivity index (χ4v) is 3.35. The van der Waals surface area contributed by atoms with Gasteiger partial charge in [0.2, 0.25) is 0 Å². The molecule has 1 aromatic carbocycles. The van der Waals surface area contributed by atoms with E-state index in [1.165, 1.54) is 31.2 Å². The van der Waals surface area contributed by atoms with Crippen LogP contribution in [0.3, 0.4) is 0 Å². The molecule has 0 aliphatic heterocycles. The minimum Gasteiger partial charge on any atom is -0.307 e. The second kappa shape index (κ2) is 6.09. The van der Waals surface area contributed by atoms with E-state index in [4.69, 9.17) is 0 Å². The average Bonchev–Trinajstić information content (AvgIpc) is 2.89. The summed E-state index contributed by atoms with van der Waals surface area (Å²) in [5.74, 6) is 0.869. The molecule has 0 spiro atoms. The van der Waals surface area contributed by atoms with Crippen LogP contribution in [0.1, 0.15) is 65.0 Å². The van der Waals surface area contributed by atoms with E-state index in [2.05, 4.69) is 63.3 Å². The van der Waals surface area contributed by atoms with Gasteiger partial charge in [-0.2, -0.15) is 0 Å². The normalized spacial score (nSPS) is 20.4. The van der Waals surface area contributed by atoms with E-state index in [1.807, 2.05) is 0 Å². The first-order valence-corrected chi connectivity index (χ1v) is 7.79. The van der Waals surface area contributed by atoms with Gasteiger partial charge in [0.15, 0.2) is 0 Å². The minimum atomic E-state index is 0.244. The molecule has 2 rings (SSSR count). The lowest BCUT2D eigenvalue weighted by atomic mass is 9.81. The van der Waals surface area contributed by atoms with Crippen LogP contribution in [0, 0.1) is 11.3 Å². The Morgan fingerprint density at radius 1 is 1.05 bits per heavy atom. The summed E-state index contributed by atoms with van der Waals surface area (Å²) in [5, 5.41) is 3.92. The van der Waals surface area contributed by atoms with Crippen LogP contribution in [-0.4, -0.2) is 6.04 Å². The van der Waals surface area contributed by atoms with Gasteiger partial charge in [0.1, 0.15) is 0 Å². The molecule has 0 bridgehead atoms. The SMILES string of the molecule is CC(NC(c1ccccc1)C(C)(C)C)C1CCCC1. The van der Waals surface area contributed by atoms with Gasteiger partial charge in [-0.15, -0.1) is 0 Å². The summed E-state index contributed by atoms with van der Waals surface area (Å²) >= 11 is 0. The van der Waals surface area contributed by atoms with E-state index in [0.717, 1.165) is 5.92 Å². The Bertz CT molecular complexity index is 370. The summed E-state index contributed by atoms with van der Waals surface area (Å²) in [6.07, 6.45) is 5.64. The number of hydrogen-bond acceptors (Lipinski definition) is 1. The van der Waals surface area contributed by atoms with Crippen molar-refractivity contribution in [2.75, 3.05) is 0 Å². The van der Waals surface area contributed by atoms with Gasteiger partial charge in [-0.25, -0.2) is 0 Å². The smallest absolute Gasteiger partial charge is 0.0371 e. The Morgan fingerprint density at radius 2 is 1.63 bits per heavy atom. The lowest BCUT2D eigenvalue weighted by molar-refractivity contribution is 0.226. The third-order valence-corrected chi connectivity index (χ3v) is 4.54. The molecule has 1 heteroatoms. The largest absolute Gasteiger partial charge is 0.307 e. The van der Waals surface area contributed by atoms with Crippen LogP contribution in [0.5, 0.6) is 0 Å². The molecule has 0 saturated heterocycles. The number of nitrogens with one attached hydrogen (secondary N) is 1. The third-order valence-electron chi connectivity index (χ3n) is 4.54. The fourth-order valence-electron chi connectivity index (χ4n) is 3.35. The zero-order valence-corrected chi connectivity index (χ0v) is 12.9. The van der Waals surface area contributed by atoms with Gasteiger partial charge < -0.3 is 5.32 Å². The average molecular weight is 259 g/mol. The van der Waals surface area contributed by atoms with Gasteiger partial charge in [-0.1, -0.05) is 63.9 Å². The highest BCUT2D eigenvalue weighted by Gasteiger charge is 2.30. The highest BCUT2D eigenvalue weighted by atomic mass is 15.0. The molecule has 1 fully saturated rings. The predicted molar refractivity (Wildman–Crippen MR) is 83.2 cm³/mol. The molecule has 0 aromatic heterocycles. The van der Waals surface area contributed by atoms with E-state index in [0.29, 0.717) is 12.1 Å². The van der Waals surface area contributed by atoms with Crippen LogP contribution in [-0.2, 0) is 0 Å². The first kappa shape index (κ1) is 14.6. The number of hydrogen-bond donors (Lipinski definition) is 1. The topological polar surface area (TPSA) is 12.0 Å². The van der Waals surface area contributed by atoms with Crippen molar-refractivity contribution >= 4 is 0 Å². The molecular formula is C18H29N. The molecule has 19 heavy (non-hydrogen) atoms. The summed E-state index contributed by atoms with van der Waals surface area (Å²) in [4.78, 5) is 0. The molecule has 2 atom stereocenters. The number of rotatable bonds is 4. The summed E-state index contributed by atoms with van der Waals surface area (Å²) in [6.45, 7) is 9.37. The first-order chi connectivity index (χ1) is 8.98. The maximum atomic E-state index is 3.92. The molecule has 1 nitrogen and oxygen atoms in total. The second-order valence-electron chi connectivity index (χ2n) is 7.21. The van der Waals surface area contributed by atoms with E-state index < -0.39 is 0 Å². The van der Waals surface area contributed by atoms with Crippen molar-refractivity contribution in [3.05, 3.63) is 35.9 Å². The second-order valence-corrected chi connectivity index (χ2v) is 7.21. The van der Waals surface area contributed by atoms with Crippen molar-refractivity contribution in [3.63, 3.8) is 0 Å². The lowest BCUT2D eigenvalue weighted by Crippen LogP contribution is -2.41. The van der Waals surface area contributed by atoms with Crippen molar-refractivity contribution in [3.8, 4) is 0 Å². The van der Waals surface area contributed by atoms with Crippen LogP contribution in [0.2, 0.25) is 0 Å². The monoisotopic (exact) mass is 259 g/mol. The summed E-state index contributed by atoms with van der Waals surface area (Å²) in [5.41, 5.74) is 1.66. The summed E-state index contributed by atoms with van der Waals surface area (Å²) in [7, 11) is 0. The first-order valence-electron chi connectivity index (χ1n) is 7.79. The molecule has 0 heterocycles. The predicted octanol–water partition coefficient (Wildman–Crippen LogP) is 4.94. The molecular weight excluding hydrogens is 230 g/mol. The Kier molecular flexibility index (Phi) is 4.67. The quantitative estimate of drug-likeness (QED) is 0.807. The molecule has 0 amide bonds. The molecule has 1 saturated carbocycles. The van der Waals surface area contributed by atoms with Gasteiger partial charge in [0.05, 0.1) is 0 Å². The van der Waals surface area contributed by atoms with Crippen molar-refractivity contribution in [2.45, 2.75) is 65.5 Å². The molecule has 106 valence electrons. The maximum absolute atomic E-state index is 3.92. The van der Waals surface area contributed by atoms with Gasteiger partial charge in [-0.3, -0.25) is 0 Å². The number of benzene rings is 1. The van der Waals surface area contributed by atoms with Crippen molar-refractivity contribution in [1.82, 2.24) is 5.32 Å². The standard InChI is InChI=1S/C18H29N/c1-14(15-10-8-9-11-15)19-17(18(2,3)4)16-12-6-5-7-13-16/h5-7,12-15,17,19H,8-11H2,1-4H3. The summed E-state index contributed by atoms with van der Waals surface area (Å²) < 4.78 is 0. The van der Waals surface area contributed by atoms with Crippen LogP contribution < -0.4 is 5.32 Å². The zero-order chi connectivity index (χ0) is 13.9. The highest BCUT2D eigenvalue weighted by molar-refractivity contribution is 5.21. The summed E-state index contributed by atoms with van der Waals surface area (Å²) in [6, 6.07) is 12.0. The maximum Gasteiger partial charge on any atom is 0.0371 e. The van der Waals surface area contributed by atoms with Crippen LogP contribution in [0.4, 0.5) is 0 Å². The van der Waals surface area contributed by atoms with Gasteiger partial charge in [0, 0.05) is 12.1 Å². The zero-order valence-electron chi connectivity index (χ0n) is 12.9. The molecule has 1 N–H and O–H groups in total. The Hall–Kier alpha value is -0.820. The van der Waals surface area contributed by atoms with Crippen LogP contribution in [0.25, 0.3) is 0 Å². The molecule has 2 unspecified atom stereocenters. The van der Waals surface area contributed by atoms with Crippen molar-refractivity contribution in [2.24, 2.45) is 11.3 Å². The van der Waals surface area contributed by atoms with Gasteiger partial charge in [0.25, 0.3) is 0 Å². The molecule has 0 radical (unpaired) electrons. The third kappa shape index (κ3) is 3.82. The van der Waals surface area contributed by atoms with E-state index >= 15 is 0 Å². The highest BCUT2D eigenvalue weighted by Crippen LogP contribution is 2.35. The molecule has 1 aliphatic carbocycles. The van der Waals surface area contributed by atoms with Crippen molar-refractivity contribution < 1.29 is 0 Å². The van der Waals surface area contributed by atoms with E-state index in [-0.39, 0.29) is 5.41 Å². The lowest BCUT2D eigenvalue weighted by Gasteiger charge is -2.36. The molecule has 1 aromatic rings. The van der Waals surface area contributed by atoms with Crippen LogP contribution in [0.15, 0.2) is 30.3 Å². The Morgan fingerprint density at radius 3 is 2.16 bits per heavy atom. The fraction of sp³-hybridized carbons (Fsp3) is 0.667. The van der Waals surface area contributed by atoms with Gasteiger partial charge in [-0.05, 0) is 36.7 Å². The Labute approximate surface area is 118 Å². The minimum absolute atomic E-state index is 0.244. The van der Waals surface area contributed by atoms with Crippen LogP contribution >= 0.6 is 0 Å². The van der Waals surface area contributed by atoms with E-state index in [9.17, 15) is 0 Å².